The number of benzene rings is 1. The topological polar surface area (TPSA) is 71.2 Å². The van der Waals surface area contributed by atoms with Gasteiger partial charge in [0.2, 0.25) is 0 Å². The minimum absolute atomic E-state index is 0.139. The van der Waals surface area contributed by atoms with Crippen LogP contribution in [0.5, 0.6) is 0 Å². The molecule has 0 fully saturated rings. The molecule has 2 rings (SSSR count). The molecule has 1 aromatic heterocycles. The Balaban J connectivity index is 1.95. The van der Waals surface area contributed by atoms with Crippen LogP contribution in [-0.4, -0.2) is 24.0 Å². The molecule has 0 bridgehead atoms. The van der Waals surface area contributed by atoms with Crippen molar-refractivity contribution >= 4 is 17.4 Å². The first-order valence-electron chi connectivity index (χ1n) is 7.47. The van der Waals surface area contributed by atoms with Crippen molar-refractivity contribution in [2.75, 3.05) is 23.7 Å². The van der Waals surface area contributed by atoms with Gasteiger partial charge in [0.15, 0.2) is 0 Å². The van der Waals surface area contributed by atoms with Gasteiger partial charge >= 0.3 is 0 Å². The number of rotatable bonds is 6. The molecule has 0 saturated heterocycles. The van der Waals surface area contributed by atoms with Crippen molar-refractivity contribution in [3.63, 3.8) is 0 Å². The molecule has 0 spiro atoms. The predicted octanol–water partition coefficient (Wildman–Crippen LogP) is 2.44. The molecule has 0 aliphatic heterocycles. The van der Waals surface area contributed by atoms with Crippen molar-refractivity contribution in [3.05, 3.63) is 53.7 Å². The molecular formula is C17H22N4O. The van der Waals surface area contributed by atoms with Crippen LogP contribution in [0, 0.1) is 0 Å². The standard InChI is InChI=1S/C17H22N4O/c1-3-21(4-2)16-9-8-13(11-19-16)12-20-17(22)14-6-5-7-15(18)10-14/h5-11H,3-4,12,18H2,1-2H3,(H,20,22). The summed E-state index contributed by atoms with van der Waals surface area (Å²) in [5, 5.41) is 2.87. The Morgan fingerprint density at radius 1 is 1.23 bits per heavy atom. The third-order valence-electron chi connectivity index (χ3n) is 3.50. The Kier molecular flexibility index (Phi) is 5.36. The molecule has 1 heterocycles. The van der Waals surface area contributed by atoms with E-state index in [-0.39, 0.29) is 5.91 Å². The molecule has 0 radical (unpaired) electrons. The van der Waals surface area contributed by atoms with Gasteiger partial charge in [-0.25, -0.2) is 4.98 Å². The third kappa shape index (κ3) is 3.97. The van der Waals surface area contributed by atoms with E-state index < -0.39 is 0 Å². The lowest BCUT2D eigenvalue weighted by Crippen LogP contribution is -2.24. The van der Waals surface area contributed by atoms with E-state index in [0.29, 0.717) is 17.8 Å². The van der Waals surface area contributed by atoms with Crippen LogP contribution in [0.25, 0.3) is 0 Å². The van der Waals surface area contributed by atoms with E-state index in [9.17, 15) is 4.79 Å². The van der Waals surface area contributed by atoms with Crippen LogP contribution in [0.1, 0.15) is 29.8 Å². The summed E-state index contributed by atoms with van der Waals surface area (Å²) in [4.78, 5) is 18.7. The van der Waals surface area contributed by atoms with Crippen molar-refractivity contribution in [2.24, 2.45) is 0 Å². The Hall–Kier alpha value is -2.56. The highest BCUT2D eigenvalue weighted by molar-refractivity contribution is 5.94. The van der Waals surface area contributed by atoms with Crippen molar-refractivity contribution in [2.45, 2.75) is 20.4 Å². The number of hydrogen-bond donors (Lipinski definition) is 2. The first-order valence-corrected chi connectivity index (χ1v) is 7.47. The van der Waals surface area contributed by atoms with Gasteiger partial charge in [0.1, 0.15) is 5.82 Å². The van der Waals surface area contributed by atoms with E-state index in [1.54, 1.807) is 30.5 Å². The van der Waals surface area contributed by atoms with E-state index in [4.69, 9.17) is 5.73 Å². The van der Waals surface area contributed by atoms with Crippen LogP contribution in [-0.2, 0) is 6.54 Å². The Bertz CT molecular complexity index is 621. The van der Waals surface area contributed by atoms with Crippen molar-refractivity contribution in [1.82, 2.24) is 10.3 Å². The first kappa shape index (κ1) is 15.8. The molecule has 5 heteroatoms. The van der Waals surface area contributed by atoms with Crippen LogP contribution in [0.15, 0.2) is 42.6 Å². The molecule has 2 aromatic rings. The maximum absolute atomic E-state index is 12.0. The fraction of sp³-hybridized carbons (Fsp3) is 0.294. The van der Waals surface area contributed by atoms with Crippen molar-refractivity contribution in [3.8, 4) is 0 Å². The predicted molar refractivity (Wildman–Crippen MR) is 89.8 cm³/mol. The molecule has 0 aliphatic carbocycles. The maximum Gasteiger partial charge on any atom is 0.251 e. The second-order valence-electron chi connectivity index (χ2n) is 5.01. The number of nitrogens with zero attached hydrogens (tertiary/aromatic N) is 2. The number of pyridine rings is 1. The lowest BCUT2D eigenvalue weighted by molar-refractivity contribution is 0.0951. The normalized spacial score (nSPS) is 10.3. The number of carbonyl (C=O) groups excluding carboxylic acids is 1. The Labute approximate surface area is 131 Å². The Morgan fingerprint density at radius 3 is 2.59 bits per heavy atom. The van der Waals surface area contributed by atoms with Gasteiger partial charge in [-0.15, -0.1) is 0 Å². The van der Waals surface area contributed by atoms with E-state index in [2.05, 4.69) is 29.0 Å². The van der Waals surface area contributed by atoms with Gasteiger partial charge in [0.25, 0.3) is 5.91 Å². The number of nitrogens with two attached hydrogens (primary N) is 1. The molecular weight excluding hydrogens is 276 g/mol. The summed E-state index contributed by atoms with van der Waals surface area (Å²) in [7, 11) is 0. The Morgan fingerprint density at radius 2 is 2.00 bits per heavy atom. The number of aromatic nitrogens is 1. The molecule has 22 heavy (non-hydrogen) atoms. The molecule has 5 nitrogen and oxygen atoms in total. The van der Waals surface area contributed by atoms with Gasteiger partial charge in [0.05, 0.1) is 0 Å². The summed E-state index contributed by atoms with van der Waals surface area (Å²) >= 11 is 0. The summed E-state index contributed by atoms with van der Waals surface area (Å²) in [5.41, 5.74) is 7.79. The quantitative estimate of drug-likeness (QED) is 0.804. The van der Waals surface area contributed by atoms with E-state index in [1.807, 2.05) is 12.1 Å². The second-order valence-corrected chi connectivity index (χ2v) is 5.01. The average Bonchev–Trinajstić information content (AvgIpc) is 2.55. The smallest absolute Gasteiger partial charge is 0.251 e. The molecule has 0 unspecified atom stereocenters. The van der Waals surface area contributed by atoms with Crippen LogP contribution in [0.3, 0.4) is 0 Å². The number of nitrogens with one attached hydrogen (secondary N) is 1. The van der Waals surface area contributed by atoms with Crippen molar-refractivity contribution in [1.29, 1.82) is 0 Å². The molecule has 3 N–H and O–H groups in total. The average molecular weight is 298 g/mol. The molecule has 1 amide bonds. The number of amides is 1. The summed E-state index contributed by atoms with van der Waals surface area (Å²) in [6, 6.07) is 10.9. The van der Waals surface area contributed by atoms with Crippen molar-refractivity contribution < 1.29 is 4.79 Å². The highest BCUT2D eigenvalue weighted by atomic mass is 16.1. The zero-order valence-electron chi connectivity index (χ0n) is 13.0. The molecule has 0 aliphatic rings. The zero-order valence-corrected chi connectivity index (χ0v) is 13.0. The number of anilines is 2. The lowest BCUT2D eigenvalue weighted by Gasteiger charge is -2.19. The SMILES string of the molecule is CCN(CC)c1ccc(CNC(=O)c2cccc(N)c2)cn1. The minimum atomic E-state index is -0.139. The summed E-state index contributed by atoms with van der Waals surface area (Å²) < 4.78 is 0. The number of carbonyl (C=O) groups is 1. The molecule has 0 saturated carbocycles. The minimum Gasteiger partial charge on any atom is -0.399 e. The fourth-order valence-corrected chi connectivity index (χ4v) is 2.22. The highest BCUT2D eigenvalue weighted by Gasteiger charge is 2.06. The first-order chi connectivity index (χ1) is 10.6. The molecule has 116 valence electrons. The molecule has 1 aromatic carbocycles. The lowest BCUT2D eigenvalue weighted by atomic mass is 10.2. The van der Waals surface area contributed by atoms with Crippen LogP contribution in [0.4, 0.5) is 11.5 Å². The highest BCUT2D eigenvalue weighted by Crippen LogP contribution is 2.11. The number of nitrogen functional groups attached to an aromatic ring is 1. The van der Waals surface area contributed by atoms with Gasteiger partial charge in [-0.05, 0) is 43.7 Å². The zero-order chi connectivity index (χ0) is 15.9. The monoisotopic (exact) mass is 298 g/mol. The van der Waals surface area contributed by atoms with E-state index in [0.717, 1.165) is 24.5 Å². The summed E-state index contributed by atoms with van der Waals surface area (Å²) in [6.07, 6.45) is 1.80. The summed E-state index contributed by atoms with van der Waals surface area (Å²) in [6.45, 7) is 6.50. The van der Waals surface area contributed by atoms with Crippen LogP contribution >= 0.6 is 0 Å². The third-order valence-corrected chi connectivity index (χ3v) is 3.50. The second kappa shape index (κ2) is 7.45. The van der Waals surface area contributed by atoms with E-state index in [1.165, 1.54) is 0 Å². The van der Waals surface area contributed by atoms with Gasteiger partial charge < -0.3 is 16.0 Å². The summed E-state index contributed by atoms with van der Waals surface area (Å²) in [5.74, 6) is 0.816. The molecule has 0 atom stereocenters. The maximum atomic E-state index is 12.0. The van der Waals surface area contributed by atoms with Crippen LogP contribution < -0.4 is 16.0 Å². The van der Waals surface area contributed by atoms with Gasteiger partial charge in [0, 0.05) is 37.1 Å². The fourth-order valence-electron chi connectivity index (χ4n) is 2.22. The van der Waals surface area contributed by atoms with E-state index >= 15 is 0 Å². The van der Waals surface area contributed by atoms with Gasteiger partial charge in [-0.3, -0.25) is 4.79 Å². The largest absolute Gasteiger partial charge is 0.399 e. The van der Waals surface area contributed by atoms with Gasteiger partial charge in [-0.1, -0.05) is 12.1 Å². The van der Waals surface area contributed by atoms with Gasteiger partial charge in [-0.2, -0.15) is 0 Å². The number of hydrogen-bond acceptors (Lipinski definition) is 4. The van der Waals surface area contributed by atoms with Crippen LogP contribution in [0.2, 0.25) is 0 Å².